The molecule has 37 heavy (non-hydrogen) atoms. The molecule has 2 unspecified atom stereocenters. The molecule has 1 saturated heterocycles. The second-order valence-corrected chi connectivity index (χ2v) is 12.7. The van der Waals surface area contributed by atoms with Gasteiger partial charge in [-0.1, -0.05) is 0 Å². The summed E-state index contributed by atoms with van der Waals surface area (Å²) < 4.78 is 39.6. The number of carbonyl (C=O) groups excluding carboxylic acids is 1. The van der Waals surface area contributed by atoms with Crippen LogP contribution in [0.2, 0.25) is 0 Å². The van der Waals surface area contributed by atoms with Gasteiger partial charge in [0.15, 0.2) is 5.69 Å². The fourth-order valence-electron chi connectivity index (χ4n) is 8.05. The zero-order chi connectivity index (χ0) is 25.9. The number of nitrogens with zero attached hydrogens (tertiary/aromatic N) is 4. The SMILES string of the molecule is Cn1nc(C(=O)NC2C3CC4CC2CC(O)(C4)C3)cc1N(CC1CCN(CCC(F)(F)F)CC1)C1CC1. The summed E-state index contributed by atoms with van der Waals surface area (Å²) in [6.45, 7) is 2.35. The molecule has 5 aliphatic carbocycles. The molecule has 2 heterocycles. The van der Waals surface area contributed by atoms with E-state index in [1.165, 1.54) is 0 Å². The van der Waals surface area contributed by atoms with Crippen LogP contribution >= 0.6 is 0 Å². The van der Waals surface area contributed by atoms with Crippen molar-refractivity contribution in [1.82, 2.24) is 20.0 Å². The second-order valence-electron chi connectivity index (χ2n) is 12.7. The van der Waals surface area contributed by atoms with Crippen LogP contribution in [0.4, 0.5) is 19.0 Å². The number of aliphatic hydroxyl groups is 1. The van der Waals surface area contributed by atoms with E-state index in [1.54, 1.807) is 0 Å². The summed E-state index contributed by atoms with van der Waals surface area (Å²) in [6.07, 6.45) is 3.90. The molecule has 0 radical (unpaired) electrons. The summed E-state index contributed by atoms with van der Waals surface area (Å²) in [5.74, 6) is 2.56. The standard InChI is InChI=1S/C27H40F3N5O2/c1-33-23(35(21-2-3-21)16-17-4-7-34(8-5-17)9-6-27(28,29)30)12-22(32-33)25(36)31-24-19-10-18-11-20(24)15-26(37,13-18)14-19/h12,17-21,24,37H,2-11,13-16H2,1H3,(H,31,36). The molecule has 2 N–H and O–H groups in total. The normalized spacial score (nSPS) is 34.2. The van der Waals surface area contributed by atoms with Gasteiger partial charge < -0.3 is 20.2 Å². The van der Waals surface area contributed by atoms with Crippen LogP contribution in [-0.2, 0) is 7.05 Å². The van der Waals surface area contributed by atoms with Gasteiger partial charge in [-0.05, 0) is 94.5 Å². The van der Waals surface area contributed by atoms with E-state index in [4.69, 9.17) is 0 Å². The number of aryl methyl sites for hydroxylation is 1. The third kappa shape index (κ3) is 5.51. The molecule has 10 heteroatoms. The van der Waals surface area contributed by atoms with Gasteiger partial charge in [0.25, 0.3) is 5.91 Å². The van der Waals surface area contributed by atoms with E-state index < -0.39 is 18.2 Å². The van der Waals surface area contributed by atoms with Gasteiger partial charge in [0.2, 0.25) is 0 Å². The van der Waals surface area contributed by atoms with Gasteiger partial charge in [0.1, 0.15) is 5.82 Å². The number of hydrogen-bond donors (Lipinski definition) is 2. The summed E-state index contributed by atoms with van der Waals surface area (Å²) >= 11 is 0. The fraction of sp³-hybridized carbons (Fsp3) is 0.852. The van der Waals surface area contributed by atoms with Crippen molar-refractivity contribution in [1.29, 1.82) is 0 Å². The second kappa shape index (κ2) is 9.43. The van der Waals surface area contributed by atoms with Crippen LogP contribution in [0.25, 0.3) is 0 Å². The molecule has 4 bridgehead atoms. The molecular weight excluding hydrogens is 483 g/mol. The molecular formula is C27H40F3N5O2. The number of hydrogen-bond acceptors (Lipinski definition) is 5. The minimum Gasteiger partial charge on any atom is -0.390 e. The van der Waals surface area contributed by atoms with Crippen molar-refractivity contribution in [2.75, 3.05) is 31.1 Å². The zero-order valence-corrected chi connectivity index (χ0v) is 21.7. The summed E-state index contributed by atoms with van der Waals surface area (Å²) in [6, 6.07) is 2.48. The van der Waals surface area contributed by atoms with Crippen LogP contribution in [0, 0.1) is 23.7 Å². The van der Waals surface area contributed by atoms with Crippen molar-refractivity contribution >= 4 is 11.7 Å². The van der Waals surface area contributed by atoms with Gasteiger partial charge in [0.05, 0.1) is 12.0 Å². The maximum Gasteiger partial charge on any atom is 0.390 e. The monoisotopic (exact) mass is 523 g/mol. The largest absolute Gasteiger partial charge is 0.390 e. The number of amides is 1. The van der Waals surface area contributed by atoms with Crippen LogP contribution in [0.1, 0.15) is 74.7 Å². The molecule has 5 saturated carbocycles. The number of likely N-dealkylation sites (tertiary alicyclic amines) is 1. The number of aromatic nitrogens is 2. The van der Waals surface area contributed by atoms with Crippen molar-refractivity contribution in [3.8, 4) is 0 Å². The Labute approximate surface area is 216 Å². The number of nitrogens with one attached hydrogen (secondary N) is 1. The average Bonchev–Trinajstić information content (AvgIpc) is 3.59. The average molecular weight is 524 g/mol. The Balaban J connectivity index is 1.07. The lowest BCUT2D eigenvalue weighted by Crippen LogP contribution is -2.61. The fourth-order valence-corrected chi connectivity index (χ4v) is 8.05. The van der Waals surface area contributed by atoms with E-state index in [0.717, 1.165) is 70.2 Å². The molecule has 7 rings (SSSR count). The number of carbonyl (C=O) groups is 1. The van der Waals surface area contributed by atoms with Gasteiger partial charge >= 0.3 is 6.18 Å². The first-order chi connectivity index (χ1) is 17.6. The Morgan fingerprint density at radius 2 is 1.84 bits per heavy atom. The van der Waals surface area contributed by atoms with E-state index in [0.29, 0.717) is 48.5 Å². The molecule has 206 valence electrons. The molecule has 0 aromatic carbocycles. The van der Waals surface area contributed by atoms with Gasteiger partial charge in [-0.2, -0.15) is 18.3 Å². The van der Waals surface area contributed by atoms with E-state index in [2.05, 4.69) is 15.3 Å². The summed E-state index contributed by atoms with van der Waals surface area (Å²) in [5, 5.41) is 18.7. The Bertz CT molecular complexity index is 985. The van der Waals surface area contributed by atoms with Gasteiger partial charge in [-0.3, -0.25) is 9.48 Å². The molecule has 7 nitrogen and oxygen atoms in total. The molecule has 1 aromatic heterocycles. The van der Waals surface area contributed by atoms with Crippen molar-refractivity contribution in [3.05, 3.63) is 11.8 Å². The van der Waals surface area contributed by atoms with Crippen molar-refractivity contribution in [2.45, 2.75) is 88.1 Å². The predicted molar refractivity (Wildman–Crippen MR) is 133 cm³/mol. The van der Waals surface area contributed by atoms with Crippen LogP contribution in [0.5, 0.6) is 0 Å². The highest BCUT2D eigenvalue weighted by Crippen LogP contribution is 2.55. The lowest BCUT2D eigenvalue weighted by molar-refractivity contribution is -0.138. The molecule has 2 atom stereocenters. The molecule has 1 aliphatic heterocycles. The van der Waals surface area contributed by atoms with Crippen LogP contribution < -0.4 is 10.2 Å². The zero-order valence-electron chi connectivity index (χ0n) is 21.7. The Morgan fingerprint density at radius 3 is 2.43 bits per heavy atom. The summed E-state index contributed by atoms with van der Waals surface area (Å²) in [5.41, 5.74) is -0.0765. The lowest BCUT2D eigenvalue weighted by atomic mass is 9.52. The molecule has 6 fully saturated rings. The minimum atomic E-state index is -4.10. The highest BCUT2D eigenvalue weighted by atomic mass is 19.4. The van der Waals surface area contributed by atoms with Crippen molar-refractivity contribution < 1.29 is 23.1 Å². The topological polar surface area (TPSA) is 73.6 Å². The highest BCUT2D eigenvalue weighted by Gasteiger charge is 2.55. The smallest absolute Gasteiger partial charge is 0.390 e. The number of halogens is 3. The summed E-state index contributed by atoms with van der Waals surface area (Å²) in [4.78, 5) is 17.6. The van der Waals surface area contributed by atoms with E-state index >= 15 is 0 Å². The molecule has 1 aromatic rings. The first-order valence-corrected chi connectivity index (χ1v) is 14.2. The molecule has 0 spiro atoms. The number of alkyl halides is 3. The third-order valence-corrected chi connectivity index (χ3v) is 9.78. The van der Waals surface area contributed by atoms with E-state index in [9.17, 15) is 23.1 Å². The number of rotatable bonds is 8. The van der Waals surface area contributed by atoms with Crippen molar-refractivity contribution in [3.63, 3.8) is 0 Å². The van der Waals surface area contributed by atoms with Crippen LogP contribution in [0.15, 0.2) is 6.07 Å². The summed E-state index contributed by atoms with van der Waals surface area (Å²) in [7, 11) is 1.89. The third-order valence-electron chi connectivity index (χ3n) is 9.78. The number of piperidine rings is 1. The van der Waals surface area contributed by atoms with Crippen molar-refractivity contribution in [2.24, 2.45) is 30.7 Å². The van der Waals surface area contributed by atoms with E-state index in [-0.39, 0.29) is 18.5 Å². The maximum absolute atomic E-state index is 13.3. The van der Waals surface area contributed by atoms with Gasteiger partial charge in [-0.15, -0.1) is 0 Å². The van der Waals surface area contributed by atoms with Gasteiger partial charge in [-0.25, -0.2) is 0 Å². The Kier molecular flexibility index (Phi) is 6.49. The Morgan fingerprint density at radius 1 is 1.16 bits per heavy atom. The molecule has 1 amide bonds. The first kappa shape index (κ1) is 25.5. The highest BCUT2D eigenvalue weighted by molar-refractivity contribution is 5.93. The number of anilines is 1. The Hall–Kier alpha value is -1.81. The maximum atomic E-state index is 13.3. The molecule has 6 aliphatic rings. The quantitative estimate of drug-likeness (QED) is 0.544. The van der Waals surface area contributed by atoms with Gasteiger partial charge in [0, 0.05) is 38.3 Å². The minimum absolute atomic E-state index is 0.0887. The van der Waals surface area contributed by atoms with E-state index in [1.807, 2.05) is 22.7 Å². The first-order valence-electron chi connectivity index (χ1n) is 14.2. The van der Waals surface area contributed by atoms with Crippen LogP contribution in [-0.4, -0.2) is 75.7 Å². The predicted octanol–water partition coefficient (Wildman–Crippen LogP) is 3.72. The lowest BCUT2D eigenvalue weighted by Gasteiger charge is -2.58. The van der Waals surface area contributed by atoms with Crippen LogP contribution in [0.3, 0.4) is 0 Å².